The van der Waals surface area contributed by atoms with Crippen LogP contribution in [0.25, 0.3) is 0 Å². The molecule has 1 aliphatic heterocycles. The number of hydrogen-bond acceptors (Lipinski definition) is 3. The monoisotopic (exact) mass is 411 g/mol. The summed E-state index contributed by atoms with van der Waals surface area (Å²) in [6, 6.07) is 10.9. The van der Waals surface area contributed by atoms with Gasteiger partial charge in [0.2, 0.25) is 0 Å². The van der Waals surface area contributed by atoms with Gasteiger partial charge >= 0.3 is 0 Å². The van der Waals surface area contributed by atoms with Gasteiger partial charge in [0.1, 0.15) is 5.82 Å². The number of benzene rings is 2. The van der Waals surface area contributed by atoms with Crippen molar-refractivity contribution < 1.29 is 14.0 Å². The largest absolute Gasteiger partial charge is 0.335 e. The molecular formula is C19H20Cl2FN3O2. The van der Waals surface area contributed by atoms with Crippen molar-refractivity contribution >= 4 is 35.8 Å². The number of amides is 2. The molecule has 0 aliphatic carbocycles. The maximum absolute atomic E-state index is 13.1. The lowest BCUT2D eigenvalue weighted by molar-refractivity contribution is 0.0535. The lowest BCUT2D eigenvalue weighted by Gasteiger charge is -2.35. The van der Waals surface area contributed by atoms with Gasteiger partial charge in [0, 0.05) is 38.3 Å². The molecular weight excluding hydrogens is 392 g/mol. The standard InChI is InChI=1S/C19H19ClFN3O2.ClH/c20-17-11-15(21)5-6-16(17)19(26)24-9-7-23(8-10-24)18(25)14-3-1-13(12-22)2-4-14;/h1-6,11H,7-10,12,22H2;1H. The quantitative estimate of drug-likeness (QED) is 0.843. The predicted octanol–water partition coefficient (Wildman–Crippen LogP) is 2.96. The van der Waals surface area contributed by atoms with E-state index in [4.69, 9.17) is 17.3 Å². The van der Waals surface area contributed by atoms with Crippen LogP contribution in [0, 0.1) is 5.82 Å². The minimum Gasteiger partial charge on any atom is -0.335 e. The van der Waals surface area contributed by atoms with Gasteiger partial charge in [0.05, 0.1) is 10.6 Å². The Morgan fingerprint density at radius 2 is 1.52 bits per heavy atom. The van der Waals surface area contributed by atoms with E-state index >= 15 is 0 Å². The summed E-state index contributed by atoms with van der Waals surface area (Å²) < 4.78 is 13.1. The first-order valence-electron chi connectivity index (χ1n) is 8.32. The molecule has 144 valence electrons. The maximum Gasteiger partial charge on any atom is 0.255 e. The molecule has 1 heterocycles. The predicted molar refractivity (Wildman–Crippen MR) is 105 cm³/mol. The Labute approximate surface area is 168 Å². The summed E-state index contributed by atoms with van der Waals surface area (Å²) in [5, 5.41) is 0.0912. The molecule has 5 nitrogen and oxygen atoms in total. The van der Waals surface area contributed by atoms with E-state index in [1.807, 2.05) is 12.1 Å². The summed E-state index contributed by atoms with van der Waals surface area (Å²) in [6.45, 7) is 2.10. The highest BCUT2D eigenvalue weighted by atomic mass is 35.5. The van der Waals surface area contributed by atoms with Gasteiger partial charge in [-0.05, 0) is 35.9 Å². The van der Waals surface area contributed by atoms with Gasteiger partial charge in [-0.15, -0.1) is 12.4 Å². The molecule has 0 bridgehead atoms. The highest BCUT2D eigenvalue weighted by Crippen LogP contribution is 2.20. The number of rotatable bonds is 3. The zero-order valence-electron chi connectivity index (χ0n) is 14.5. The third-order valence-corrected chi connectivity index (χ3v) is 4.76. The van der Waals surface area contributed by atoms with E-state index in [-0.39, 0.29) is 34.8 Å². The Morgan fingerprint density at radius 1 is 0.963 bits per heavy atom. The van der Waals surface area contributed by atoms with E-state index in [1.54, 1.807) is 21.9 Å². The van der Waals surface area contributed by atoms with Gasteiger partial charge in [-0.2, -0.15) is 0 Å². The van der Waals surface area contributed by atoms with Crippen molar-refractivity contribution in [3.8, 4) is 0 Å². The van der Waals surface area contributed by atoms with Crippen molar-refractivity contribution in [2.45, 2.75) is 6.54 Å². The Balaban J connectivity index is 0.00000261. The molecule has 0 unspecified atom stereocenters. The van der Waals surface area contributed by atoms with Gasteiger partial charge in [-0.25, -0.2) is 4.39 Å². The number of carbonyl (C=O) groups excluding carboxylic acids is 2. The van der Waals surface area contributed by atoms with Crippen molar-refractivity contribution in [1.29, 1.82) is 0 Å². The average Bonchev–Trinajstić information content (AvgIpc) is 2.67. The van der Waals surface area contributed by atoms with Crippen molar-refractivity contribution in [3.05, 3.63) is 70.0 Å². The second kappa shape index (κ2) is 9.17. The fraction of sp³-hybridized carbons (Fsp3) is 0.263. The van der Waals surface area contributed by atoms with E-state index in [9.17, 15) is 14.0 Å². The SMILES string of the molecule is Cl.NCc1ccc(C(=O)N2CCN(C(=O)c3ccc(F)cc3Cl)CC2)cc1. The molecule has 1 fully saturated rings. The molecule has 2 aromatic rings. The third-order valence-electron chi connectivity index (χ3n) is 4.45. The summed E-state index contributed by atoms with van der Waals surface area (Å²) in [5.74, 6) is -0.808. The van der Waals surface area contributed by atoms with Crippen LogP contribution >= 0.6 is 24.0 Å². The summed E-state index contributed by atoms with van der Waals surface area (Å²) in [6.07, 6.45) is 0. The number of nitrogens with two attached hydrogens (primary N) is 1. The van der Waals surface area contributed by atoms with E-state index in [2.05, 4.69) is 0 Å². The van der Waals surface area contributed by atoms with E-state index in [0.717, 1.165) is 11.6 Å². The second-order valence-corrected chi connectivity index (χ2v) is 6.52. The Hall–Kier alpha value is -2.15. The molecule has 0 atom stereocenters. The fourth-order valence-corrected chi connectivity index (χ4v) is 3.16. The van der Waals surface area contributed by atoms with Crippen molar-refractivity contribution in [1.82, 2.24) is 9.80 Å². The van der Waals surface area contributed by atoms with Crippen LogP contribution in [-0.4, -0.2) is 47.8 Å². The molecule has 8 heteroatoms. The zero-order chi connectivity index (χ0) is 18.7. The number of hydrogen-bond donors (Lipinski definition) is 1. The van der Waals surface area contributed by atoms with E-state index < -0.39 is 5.82 Å². The second-order valence-electron chi connectivity index (χ2n) is 6.11. The fourth-order valence-electron chi connectivity index (χ4n) is 2.91. The molecule has 2 amide bonds. The van der Waals surface area contributed by atoms with Crippen LogP contribution < -0.4 is 5.73 Å². The summed E-state index contributed by atoms with van der Waals surface area (Å²) >= 11 is 5.97. The van der Waals surface area contributed by atoms with Crippen LogP contribution in [0.3, 0.4) is 0 Å². The van der Waals surface area contributed by atoms with Gasteiger partial charge in [0.15, 0.2) is 0 Å². The average molecular weight is 412 g/mol. The smallest absolute Gasteiger partial charge is 0.255 e. The summed E-state index contributed by atoms with van der Waals surface area (Å²) in [4.78, 5) is 28.5. The molecule has 0 spiro atoms. The Bertz CT molecular complexity index is 822. The van der Waals surface area contributed by atoms with Gasteiger partial charge in [0.25, 0.3) is 11.8 Å². The number of nitrogens with zero attached hydrogens (tertiary/aromatic N) is 2. The van der Waals surface area contributed by atoms with Crippen LogP contribution in [0.15, 0.2) is 42.5 Å². The van der Waals surface area contributed by atoms with Crippen molar-refractivity contribution in [2.75, 3.05) is 26.2 Å². The van der Waals surface area contributed by atoms with Gasteiger partial charge < -0.3 is 15.5 Å². The Kier molecular flexibility index (Phi) is 7.18. The lowest BCUT2D eigenvalue weighted by atomic mass is 10.1. The van der Waals surface area contributed by atoms with Crippen molar-refractivity contribution in [3.63, 3.8) is 0 Å². The van der Waals surface area contributed by atoms with Crippen molar-refractivity contribution in [2.24, 2.45) is 5.73 Å². The number of carbonyl (C=O) groups is 2. The minimum atomic E-state index is -0.484. The Morgan fingerprint density at radius 3 is 2.04 bits per heavy atom. The summed E-state index contributed by atoms with van der Waals surface area (Å²) in [5.41, 5.74) is 7.40. The molecule has 2 N–H and O–H groups in total. The van der Waals surface area contributed by atoms with Gasteiger partial charge in [-0.3, -0.25) is 9.59 Å². The molecule has 2 aromatic carbocycles. The number of halogens is 3. The first kappa shape index (κ1) is 21.2. The minimum absolute atomic E-state index is 0. The highest BCUT2D eigenvalue weighted by molar-refractivity contribution is 6.33. The normalized spacial score (nSPS) is 13.9. The van der Waals surface area contributed by atoms with Crippen LogP contribution in [0.4, 0.5) is 4.39 Å². The van der Waals surface area contributed by atoms with Crippen LogP contribution in [0.1, 0.15) is 26.3 Å². The third kappa shape index (κ3) is 4.77. The lowest BCUT2D eigenvalue weighted by Crippen LogP contribution is -2.50. The van der Waals surface area contributed by atoms with Crippen LogP contribution in [-0.2, 0) is 6.54 Å². The van der Waals surface area contributed by atoms with Crippen LogP contribution in [0.5, 0.6) is 0 Å². The molecule has 1 aliphatic rings. The van der Waals surface area contributed by atoms with E-state index in [1.165, 1.54) is 12.1 Å². The van der Waals surface area contributed by atoms with E-state index in [0.29, 0.717) is 38.3 Å². The van der Waals surface area contributed by atoms with Gasteiger partial charge in [-0.1, -0.05) is 23.7 Å². The topological polar surface area (TPSA) is 66.6 Å². The first-order chi connectivity index (χ1) is 12.5. The number of piperazine rings is 1. The molecule has 27 heavy (non-hydrogen) atoms. The molecule has 0 radical (unpaired) electrons. The molecule has 1 saturated heterocycles. The molecule has 0 saturated carbocycles. The molecule has 3 rings (SSSR count). The first-order valence-corrected chi connectivity index (χ1v) is 8.70. The maximum atomic E-state index is 13.1. The summed E-state index contributed by atoms with van der Waals surface area (Å²) in [7, 11) is 0. The zero-order valence-corrected chi connectivity index (χ0v) is 16.1. The van der Waals surface area contributed by atoms with Crippen LogP contribution in [0.2, 0.25) is 5.02 Å². The highest BCUT2D eigenvalue weighted by Gasteiger charge is 2.26. The molecule has 0 aromatic heterocycles.